The predicted molar refractivity (Wildman–Crippen MR) is 41.7 cm³/mol. The van der Waals surface area contributed by atoms with E-state index in [4.69, 9.17) is 16.7 Å². The quantitative estimate of drug-likeness (QED) is 0.579. The van der Waals surface area contributed by atoms with Crippen molar-refractivity contribution in [2.24, 2.45) is 0 Å². The molecule has 4 heteroatoms. The van der Waals surface area contributed by atoms with Crippen LogP contribution in [0.1, 0.15) is 0 Å². The number of aliphatic carboxylic acids is 1. The summed E-state index contributed by atoms with van der Waals surface area (Å²) in [5, 5.41) is 7.59. The van der Waals surface area contributed by atoms with Gasteiger partial charge in [-0.3, -0.25) is 4.79 Å². The van der Waals surface area contributed by atoms with E-state index in [9.17, 15) is 4.79 Å². The first-order valence-electron chi connectivity index (χ1n) is 2.55. The Bertz CT molecular complexity index is 72.6. The minimum atomic E-state index is -0.980. The zero-order valence-corrected chi connectivity index (χ0v) is 10.6. The summed E-state index contributed by atoms with van der Waals surface area (Å²) in [4.78, 5) is 9.24. The van der Waals surface area contributed by atoms with Gasteiger partial charge in [0.15, 0.2) is 0 Å². The Morgan fingerprint density at radius 3 is 1.67 bits per heavy atom. The van der Waals surface area contributed by atoms with Crippen LogP contribution in [0.25, 0.3) is 0 Å². The first-order chi connectivity index (χ1) is 4.00. The molecule has 0 aliphatic rings. The average molecular weight is 347 g/mol. The van der Waals surface area contributed by atoms with Crippen LogP contribution >= 0.6 is 11.6 Å². The Morgan fingerprint density at radius 1 is 1.56 bits per heavy atom. The van der Waals surface area contributed by atoms with E-state index in [2.05, 4.69) is 13.4 Å². The van der Waals surface area contributed by atoms with Gasteiger partial charge in [-0.25, -0.2) is 0 Å². The fourth-order valence-corrected chi connectivity index (χ4v) is 0. The van der Waals surface area contributed by atoms with Crippen molar-refractivity contribution in [3.05, 3.63) is 0 Å². The molecule has 0 amide bonds. The normalized spacial score (nSPS) is 8.11. The van der Waals surface area contributed by atoms with E-state index in [1.165, 1.54) is 0 Å². The fourth-order valence-electron chi connectivity index (χ4n) is 0. The van der Waals surface area contributed by atoms with Crippen LogP contribution in [-0.4, -0.2) is 39.7 Å². The standard InChI is InChI=1S/C2H3ClO2.3CH3.Pb/c3-1-2(4)5;;;;/h1H2,(H,4,5);3*1H3;. The van der Waals surface area contributed by atoms with E-state index in [1.807, 2.05) is 0 Å². The second-order valence-corrected chi connectivity index (χ2v) is 14.0. The molecule has 9 heavy (non-hydrogen) atoms. The van der Waals surface area contributed by atoms with Crippen LogP contribution in [0.2, 0.25) is 13.4 Å². The number of carboxylic acids is 1. The summed E-state index contributed by atoms with van der Waals surface area (Å²) < 4.78 is 7.14. The average Bonchev–Trinajstić information content (AvgIpc) is 1.65. The maximum atomic E-state index is 9.24. The molecule has 0 heterocycles. The number of alkyl halides is 1. The van der Waals surface area contributed by atoms with E-state index in [-0.39, 0.29) is 5.88 Å². The molecule has 55 valence electrons. The summed E-state index contributed by atoms with van der Waals surface area (Å²) in [5.74, 6) is -1.29. The van der Waals surface area contributed by atoms with Crippen LogP contribution in [0, 0.1) is 0 Å². The Hall–Kier alpha value is 0.682. The van der Waals surface area contributed by atoms with Gasteiger partial charge in [0, 0.05) is 0 Å². The van der Waals surface area contributed by atoms with E-state index in [0.29, 0.717) is 0 Å². The minimum absolute atomic E-state index is 0.306. The van der Waals surface area contributed by atoms with E-state index < -0.39 is 28.7 Å². The SMILES string of the molecule is O=C(O)CCl.[CH3][Pb]([CH3])[CH3]. The van der Waals surface area contributed by atoms with Crippen LogP contribution in [-0.2, 0) is 4.79 Å². The van der Waals surface area contributed by atoms with Crippen LogP contribution in [0.4, 0.5) is 0 Å². The number of halogens is 1. The molecule has 1 N–H and O–H groups in total. The molecular weight excluding hydrogens is 335 g/mol. The third kappa shape index (κ3) is 53.9. The molecule has 0 aliphatic carbocycles. The van der Waals surface area contributed by atoms with Gasteiger partial charge in [0.25, 0.3) is 0 Å². The Balaban J connectivity index is 0. The molecule has 0 atom stereocenters. The third-order valence-corrected chi connectivity index (χ3v) is 0.343. The van der Waals surface area contributed by atoms with Gasteiger partial charge in [0.1, 0.15) is 5.88 Å². The molecule has 0 aromatic carbocycles. The molecule has 0 saturated carbocycles. The molecule has 0 bridgehead atoms. The van der Waals surface area contributed by atoms with Gasteiger partial charge in [0.05, 0.1) is 0 Å². The second kappa shape index (κ2) is 8.68. The topological polar surface area (TPSA) is 37.3 Å². The Labute approximate surface area is 69.3 Å². The van der Waals surface area contributed by atoms with Crippen molar-refractivity contribution in [2.45, 2.75) is 13.4 Å². The van der Waals surface area contributed by atoms with Gasteiger partial charge in [-0.15, -0.1) is 11.6 Å². The molecule has 0 rings (SSSR count). The van der Waals surface area contributed by atoms with Gasteiger partial charge in [0.2, 0.25) is 0 Å². The zero-order valence-electron chi connectivity index (χ0n) is 5.94. The number of carboxylic acid groups (broad SMARTS) is 1. The molecular formula is C5H12ClO2Pb. The number of hydrogen-bond donors (Lipinski definition) is 1. The van der Waals surface area contributed by atoms with E-state index in [1.54, 1.807) is 0 Å². The Kier molecular flexibility index (Phi) is 11.9. The van der Waals surface area contributed by atoms with Crippen molar-refractivity contribution >= 4 is 40.3 Å². The zero-order chi connectivity index (χ0) is 7.86. The van der Waals surface area contributed by atoms with Gasteiger partial charge >= 0.3 is 42.1 Å². The van der Waals surface area contributed by atoms with Crippen molar-refractivity contribution in [2.75, 3.05) is 5.88 Å². The number of carbonyl (C=O) groups is 1. The summed E-state index contributed by atoms with van der Waals surface area (Å²) in [6, 6.07) is 0. The third-order valence-electron chi connectivity index (χ3n) is 0.114. The second-order valence-electron chi connectivity index (χ2n) is 2.03. The molecule has 2 nitrogen and oxygen atoms in total. The molecule has 0 aromatic heterocycles. The van der Waals surface area contributed by atoms with Crippen molar-refractivity contribution < 1.29 is 9.90 Å². The predicted octanol–water partition coefficient (Wildman–Crippen LogP) is 1.68. The monoisotopic (exact) mass is 347 g/mol. The molecule has 0 saturated heterocycles. The van der Waals surface area contributed by atoms with Crippen molar-refractivity contribution in [1.82, 2.24) is 0 Å². The van der Waals surface area contributed by atoms with Crippen molar-refractivity contribution in [1.29, 1.82) is 0 Å². The Morgan fingerprint density at radius 2 is 1.67 bits per heavy atom. The van der Waals surface area contributed by atoms with Gasteiger partial charge in [-0.05, 0) is 0 Å². The number of hydrogen-bond acceptors (Lipinski definition) is 1. The summed E-state index contributed by atoms with van der Waals surface area (Å²) in [6.45, 7) is 0. The number of rotatable bonds is 1. The summed E-state index contributed by atoms with van der Waals surface area (Å²) in [6.07, 6.45) is 0. The van der Waals surface area contributed by atoms with E-state index >= 15 is 0 Å². The first-order valence-corrected chi connectivity index (χ1v) is 14.7. The van der Waals surface area contributed by atoms with Crippen LogP contribution < -0.4 is 0 Å². The molecule has 1 radical (unpaired) electrons. The van der Waals surface area contributed by atoms with Crippen LogP contribution in [0.5, 0.6) is 0 Å². The molecule has 0 fully saturated rings. The first kappa shape index (κ1) is 12.4. The van der Waals surface area contributed by atoms with Crippen LogP contribution in [0.3, 0.4) is 0 Å². The van der Waals surface area contributed by atoms with Gasteiger partial charge in [-0.2, -0.15) is 0 Å². The molecule has 0 aliphatic heterocycles. The van der Waals surface area contributed by atoms with Crippen LogP contribution in [0.15, 0.2) is 0 Å². The van der Waals surface area contributed by atoms with Gasteiger partial charge in [-0.1, -0.05) is 0 Å². The maximum absolute atomic E-state index is 9.24. The fraction of sp³-hybridized carbons (Fsp3) is 0.800. The summed E-state index contributed by atoms with van der Waals surface area (Å²) >= 11 is 4.08. The summed E-state index contributed by atoms with van der Waals surface area (Å²) in [7, 11) is 0. The molecule has 0 spiro atoms. The van der Waals surface area contributed by atoms with Crippen molar-refractivity contribution in [3.8, 4) is 0 Å². The molecule has 0 aromatic rings. The van der Waals surface area contributed by atoms with Crippen molar-refractivity contribution in [3.63, 3.8) is 0 Å². The van der Waals surface area contributed by atoms with E-state index in [0.717, 1.165) is 0 Å². The summed E-state index contributed by atoms with van der Waals surface area (Å²) in [5.41, 5.74) is 0. The molecule has 0 unspecified atom stereocenters. The van der Waals surface area contributed by atoms with Gasteiger partial charge < -0.3 is 5.11 Å².